The van der Waals surface area contributed by atoms with Crippen LogP contribution in [0.25, 0.3) is 61.3 Å². The number of pyridine rings is 2. The number of fused-ring (bicyclic) bond motifs is 4. The van der Waals surface area contributed by atoms with Gasteiger partial charge in [0.05, 0.1) is 33.6 Å². The molecule has 4 heterocycles. The predicted octanol–water partition coefficient (Wildman–Crippen LogP) is 6.85. The molecule has 0 amide bonds. The van der Waals surface area contributed by atoms with Crippen LogP contribution in [0.15, 0.2) is 116 Å². The number of aromatic nitrogens is 5. The molecule has 5 nitrogen and oxygen atoms in total. The molecule has 0 aliphatic carbocycles. The maximum absolute atomic E-state index is 5.11. The van der Waals surface area contributed by atoms with Crippen molar-refractivity contribution < 1.29 is 0 Å². The van der Waals surface area contributed by atoms with Crippen molar-refractivity contribution in [2.45, 2.75) is 0 Å². The zero-order valence-corrected chi connectivity index (χ0v) is 18.7. The van der Waals surface area contributed by atoms with E-state index in [4.69, 9.17) is 15.0 Å². The Bertz CT molecular complexity index is 1780. The van der Waals surface area contributed by atoms with Gasteiger partial charge in [-0.15, -0.1) is 0 Å². The molecule has 0 aliphatic rings. The van der Waals surface area contributed by atoms with E-state index in [9.17, 15) is 0 Å². The monoisotopic (exact) mass is 449 g/mol. The van der Waals surface area contributed by atoms with Crippen molar-refractivity contribution in [3.63, 3.8) is 0 Å². The van der Waals surface area contributed by atoms with Crippen LogP contribution in [0.5, 0.6) is 0 Å². The summed E-state index contributed by atoms with van der Waals surface area (Å²) in [6, 6.07) is 34.8. The first-order valence-electron chi connectivity index (χ1n) is 11.5. The summed E-state index contributed by atoms with van der Waals surface area (Å²) in [5.41, 5.74) is 6.52. The third-order valence-electron chi connectivity index (χ3n) is 6.34. The van der Waals surface area contributed by atoms with Crippen molar-refractivity contribution in [3.8, 4) is 28.6 Å². The summed E-state index contributed by atoms with van der Waals surface area (Å²) in [5, 5.41) is 3.36. The molecule has 0 radical (unpaired) electrons. The van der Waals surface area contributed by atoms with Crippen LogP contribution in [-0.4, -0.2) is 24.5 Å². The second-order valence-electron chi connectivity index (χ2n) is 8.41. The van der Waals surface area contributed by atoms with Gasteiger partial charge in [0.25, 0.3) is 0 Å². The molecule has 5 heteroatoms. The highest BCUT2D eigenvalue weighted by Crippen LogP contribution is 2.33. The molecular weight excluding hydrogens is 430 g/mol. The molecular formula is C30H19N5. The summed E-state index contributed by atoms with van der Waals surface area (Å²) in [7, 11) is 0. The summed E-state index contributed by atoms with van der Waals surface area (Å²) in [6.07, 6.45) is 3.65. The molecule has 7 rings (SSSR count). The quantitative estimate of drug-likeness (QED) is 0.296. The van der Waals surface area contributed by atoms with Gasteiger partial charge in [-0.25, -0.2) is 9.97 Å². The minimum absolute atomic E-state index is 0.643. The first kappa shape index (κ1) is 19.6. The summed E-state index contributed by atoms with van der Waals surface area (Å²) >= 11 is 0. The lowest BCUT2D eigenvalue weighted by molar-refractivity contribution is 1.01. The molecule has 3 aromatic carbocycles. The highest BCUT2D eigenvalue weighted by atomic mass is 15.2. The van der Waals surface area contributed by atoms with E-state index >= 15 is 0 Å². The molecule has 0 bridgehead atoms. The van der Waals surface area contributed by atoms with Crippen molar-refractivity contribution in [2.75, 3.05) is 0 Å². The van der Waals surface area contributed by atoms with Gasteiger partial charge < -0.3 is 0 Å². The smallest absolute Gasteiger partial charge is 0.235 e. The largest absolute Gasteiger partial charge is 0.278 e. The van der Waals surface area contributed by atoms with E-state index in [2.05, 4.69) is 70.2 Å². The molecule has 0 atom stereocenters. The van der Waals surface area contributed by atoms with E-state index in [-0.39, 0.29) is 0 Å². The second-order valence-corrected chi connectivity index (χ2v) is 8.41. The molecule has 4 aromatic heterocycles. The van der Waals surface area contributed by atoms with E-state index in [0.717, 1.165) is 44.6 Å². The fourth-order valence-corrected chi connectivity index (χ4v) is 4.72. The first-order valence-corrected chi connectivity index (χ1v) is 11.5. The Morgan fingerprint density at radius 1 is 0.514 bits per heavy atom. The normalized spacial score (nSPS) is 11.4. The van der Waals surface area contributed by atoms with Gasteiger partial charge >= 0.3 is 0 Å². The fraction of sp³-hybridized carbons (Fsp3) is 0. The lowest BCUT2D eigenvalue weighted by atomic mass is 10.1. The van der Waals surface area contributed by atoms with Crippen LogP contribution >= 0.6 is 0 Å². The number of benzene rings is 3. The van der Waals surface area contributed by atoms with Gasteiger partial charge in [0.2, 0.25) is 5.95 Å². The summed E-state index contributed by atoms with van der Waals surface area (Å²) in [4.78, 5) is 19.2. The van der Waals surface area contributed by atoms with Crippen LogP contribution in [-0.2, 0) is 0 Å². The van der Waals surface area contributed by atoms with Crippen molar-refractivity contribution in [1.82, 2.24) is 24.5 Å². The predicted molar refractivity (Wildman–Crippen MR) is 140 cm³/mol. The van der Waals surface area contributed by atoms with Gasteiger partial charge in [-0.2, -0.15) is 0 Å². The average molecular weight is 450 g/mol. The Balaban J connectivity index is 1.47. The van der Waals surface area contributed by atoms with Crippen LogP contribution in [0.3, 0.4) is 0 Å². The maximum Gasteiger partial charge on any atom is 0.235 e. The van der Waals surface area contributed by atoms with E-state index in [1.807, 2.05) is 48.7 Å². The maximum atomic E-state index is 5.11. The number of para-hydroxylation sites is 3. The molecule has 0 saturated carbocycles. The van der Waals surface area contributed by atoms with Crippen LogP contribution < -0.4 is 0 Å². The standard InChI is InChI=1S/C30H19N5/c1-4-12-24-23(11-1)29(20-16-17-26(32-19-20)25-13-7-8-18-31-25)34-30(33-24)35-27-14-5-2-9-21(27)22-10-3-6-15-28(22)35/h1-19H. The van der Waals surface area contributed by atoms with E-state index in [0.29, 0.717) is 5.95 Å². The van der Waals surface area contributed by atoms with E-state index < -0.39 is 0 Å². The summed E-state index contributed by atoms with van der Waals surface area (Å²) < 4.78 is 2.15. The SMILES string of the molecule is c1ccc(-c2ccc(-c3nc(-n4c5ccccc5c5ccccc54)nc4ccccc34)cn2)nc1. The summed E-state index contributed by atoms with van der Waals surface area (Å²) in [5.74, 6) is 0.643. The summed E-state index contributed by atoms with van der Waals surface area (Å²) in [6.45, 7) is 0. The van der Waals surface area contributed by atoms with E-state index in [1.54, 1.807) is 6.20 Å². The van der Waals surface area contributed by atoms with Crippen molar-refractivity contribution in [2.24, 2.45) is 0 Å². The minimum atomic E-state index is 0.643. The molecule has 35 heavy (non-hydrogen) atoms. The van der Waals surface area contributed by atoms with Crippen LogP contribution in [0, 0.1) is 0 Å². The minimum Gasteiger partial charge on any atom is -0.278 e. The van der Waals surface area contributed by atoms with Gasteiger partial charge in [-0.05, 0) is 42.5 Å². The number of nitrogens with zero attached hydrogens (tertiary/aromatic N) is 5. The lowest BCUT2D eigenvalue weighted by Crippen LogP contribution is -2.03. The average Bonchev–Trinajstić information content (AvgIpc) is 3.27. The molecule has 0 fully saturated rings. The third kappa shape index (κ3) is 3.17. The zero-order chi connectivity index (χ0) is 23.2. The Kier molecular flexibility index (Phi) is 4.39. The lowest BCUT2D eigenvalue weighted by Gasteiger charge is -2.11. The molecule has 7 aromatic rings. The number of rotatable bonds is 3. The zero-order valence-electron chi connectivity index (χ0n) is 18.7. The number of hydrogen-bond donors (Lipinski definition) is 0. The molecule has 0 spiro atoms. The highest BCUT2D eigenvalue weighted by Gasteiger charge is 2.17. The van der Waals surface area contributed by atoms with Crippen LogP contribution in [0.4, 0.5) is 0 Å². The first-order chi connectivity index (χ1) is 17.4. The molecule has 0 saturated heterocycles. The van der Waals surface area contributed by atoms with Gasteiger partial charge in [0, 0.05) is 34.1 Å². The molecule has 0 N–H and O–H groups in total. The van der Waals surface area contributed by atoms with Gasteiger partial charge in [-0.3, -0.25) is 14.5 Å². The van der Waals surface area contributed by atoms with Gasteiger partial charge in [-0.1, -0.05) is 60.7 Å². The van der Waals surface area contributed by atoms with Crippen molar-refractivity contribution in [1.29, 1.82) is 0 Å². The number of hydrogen-bond acceptors (Lipinski definition) is 4. The van der Waals surface area contributed by atoms with Crippen molar-refractivity contribution in [3.05, 3.63) is 116 Å². The fourth-order valence-electron chi connectivity index (χ4n) is 4.72. The van der Waals surface area contributed by atoms with Gasteiger partial charge in [0.1, 0.15) is 0 Å². The van der Waals surface area contributed by atoms with Gasteiger partial charge in [0.15, 0.2) is 0 Å². The van der Waals surface area contributed by atoms with Crippen LogP contribution in [0.2, 0.25) is 0 Å². The van der Waals surface area contributed by atoms with E-state index in [1.165, 1.54) is 10.8 Å². The highest BCUT2D eigenvalue weighted by molar-refractivity contribution is 6.09. The third-order valence-corrected chi connectivity index (χ3v) is 6.34. The molecule has 0 aliphatic heterocycles. The topological polar surface area (TPSA) is 56.5 Å². The molecule has 164 valence electrons. The second kappa shape index (κ2) is 7.85. The molecule has 0 unspecified atom stereocenters. The Hall–Kier alpha value is -4.90. The van der Waals surface area contributed by atoms with Crippen molar-refractivity contribution >= 4 is 32.7 Å². The Labute approximate surface area is 201 Å². The Morgan fingerprint density at radius 3 is 1.86 bits per heavy atom. The van der Waals surface area contributed by atoms with Crippen LogP contribution in [0.1, 0.15) is 0 Å². The Morgan fingerprint density at radius 2 is 1.17 bits per heavy atom.